The highest BCUT2D eigenvalue weighted by Crippen LogP contribution is 2.15. The Balaban J connectivity index is 2.11. The molecule has 0 fully saturated rings. The fraction of sp³-hybridized carbons (Fsp3) is 0.263. The van der Waals surface area contributed by atoms with E-state index in [1.807, 2.05) is 32.0 Å². The predicted molar refractivity (Wildman–Crippen MR) is 92.4 cm³/mol. The van der Waals surface area contributed by atoms with Gasteiger partial charge in [-0.2, -0.15) is 0 Å². The van der Waals surface area contributed by atoms with Crippen molar-refractivity contribution in [3.05, 3.63) is 65.7 Å². The molecule has 0 saturated carbocycles. The van der Waals surface area contributed by atoms with Crippen LogP contribution in [-0.4, -0.2) is 17.7 Å². The van der Waals surface area contributed by atoms with E-state index in [1.165, 1.54) is 0 Å². The molecule has 4 nitrogen and oxygen atoms in total. The van der Waals surface area contributed by atoms with Gasteiger partial charge in [-0.15, -0.1) is 0 Å². The van der Waals surface area contributed by atoms with Crippen molar-refractivity contribution in [2.24, 2.45) is 11.7 Å². The molecule has 0 saturated heterocycles. The molecule has 0 heterocycles. The van der Waals surface area contributed by atoms with Gasteiger partial charge >= 0.3 is 0 Å². The second-order valence-corrected chi connectivity index (χ2v) is 6.00. The molecule has 2 aromatic carbocycles. The number of amides is 1. The van der Waals surface area contributed by atoms with Crippen molar-refractivity contribution < 1.29 is 9.59 Å². The van der Waals surface area contributed by atoms with E-state index in [0.29, 0.717) is 29.2 Å². The van der Waals surface area contributed by atoms with Crippen LogP contribution in [0.4, 0.5) is 5.69 Å². The Morgan fingerprint density at radius 3 is 2.30 bits per heavy atom. The Labute approximate surface area is 136 Å². The topological polar surface area (TPSA) is 72.2 Å². The smallest absolute Gasteiger partial charge is 0.241 e. The van der Waals surface area contributed by atoms with E-state index in [9.17, 15) is 9.59 Å². The van der Waals surface area contributed by atoms with Crippen molar-refractivity contribution in [2.45, 2.75) is 26.3 Å². The summed E-state index contributed by atoms with van der Waals surface area (Å²) in [5.41, 5.74) is 7.61. The average Bonchev–Trinajstić information content (AvgIpc) is 2.54. The van der Waals surface area contributed by atoms with Crippen molar-refractivity contribution in [3.8, 4) is 0 Å². The SMILES string of the molecule is CC(C)C[C@H](N)C(=O)Nc1cccc(C(=O)c2ccccc2)c1. The largest absolute Gasteiger partial charge is 0.325 e. The number of carbonyl (C=O) groups excluding carboxylic acids is 2. The maximum atomic E-state index is 12.4. The molecule has 4 heteroatoms. The van der Waals surface area contributed by atoms with E-state index in [2.05, 4.69) is 5.32 Å². The number of rotatable bonds is 6. The first-order valence-electron chi connectivity index (χ1n) is 7.73. The lowest BCUT2D eigenvalue weighted by atomic mass is 10.0. The summed E-state index contributed by atoms with van der Waals surface area (Å²) in [6.45, 7) is 4.04. The van der Waals surface area contributed by atoms with Gasteiger partial charge in [0.05, 0.1) is 6.04 Å². The summed E-state index contributed by atoms with van der Waals surface area (Å²) in [6, 6.07) is 15.4. The van der Waals surface area contributed by atoms with E-state index in [0.717, 1.165) is 0 Å². The Kier molecular flexibility index (Phi) is 5.66. The second kappa shape index (κ2) is 7.70. The van der Waals surface area contributed by atoms with Crippen LogP contribution >= 0.6 is 0 Å². The molecule has 2 rings (SSSR count). The average molecular weight is 310 g/mol. The van der Waals surface area contributed by atoms with Gasteiger partial charge in [0.25, 0.3) is 0 Å². The first-order valence-corrected chi connectivity index (χ1v) is 7.73. The van der Waals surface area contributed by atoms with Crippen molar-refractivity contribution in [1.29, 1.82) is 0 Å². The van der Waals surface area contributed by atoms with Gasteiger partial charge in [-0.05, 0) is 24.5 Å². The van der Waals surface area contributed by atoms with Crippen molar-refractivity contribution in [1.82, 2.24) is 0 Å². The van der Waals surface area contributed by atoms with E-state index < -0.39 is 6.04 Å². The number of hydrogen-bond donors (Lipinski definition) is 2. The van der Waals surface area contributed by atoms with Crippen LogP contribution in [0.25, 0.3) is 0 Å². The van der Waals surface area contributed by atoms with Gasteiger partial charge in [-0.3, -0.25) is 9.59 Å². The minimum absolute atomic E-state index is 0.0758. The molecule has 0 aliphatic rings. The zero-order valence-electron chi connectivity index (χ0n) is 13.5. The normalized spacial score (nSPS) is 12.0. The van der Waals surface area contributed by atoms with Crippen LogP contribution in [0, 0.1) is 5.92 Å². The molecule has 0 bridgehead atoms. The molecule has 2 aromatic rings. The van der Waals surface area contributed by atoms with Gasteiger partial charge in [0.2, 0.25) is 5.91 Å². The number of nitrogens with two attached hydrogens (primary N) is 1. The Hall–Kier alpha value is -2.46. The zero-order chi connectivity index (χ0) is 16.8. The van der Waals surface area contributed by atoms with Crippen molar-refractivity contribution in [3.63, 3.8) is 0 Å². The quantitative estimate of drug-likeness (QED) is 0.805. The molecule has 0 spiro atoms. The van der Waals surface area contributed by atoms with Gasteiger partial charge < -0.3 is 11.1 Å². The van der Waals surface area contributed by atoms with Gasteiger partial charge in [0.15, 0.2) is 5.78 Å². The minimum Gasteiger partial charge on any atom is -0.325 e. The highest BCUT2D eigenvalue weighted by molar-refractivity contribution is 6.09. The fourth-order valence-electron chi connectivity index (χ4n) is 2.34. The molecule has 0 unspecified atom stereocenters. The molecule has 1 atom stereocenters. The predicted octanol–water partition coefficient (Wildman–Crippen LogP) is 3.23. The fourth-order valence-corrected chi connectivity index (χ4v) is 2.34. The molecular formula is C19H22N2O2. The van der Waals surface area contributed by atoms with E-state index >= 15 is 0 Å². The maximum Gasteiger partial charge on any atom is 0.241 e. The summed E-state index contributed by atoms with van der Waals surface area (Å²) >= 11 is 0. The zero-order valence-corrected chi connectivity index (χ0v) is 13.5. The third-order valence-electron chi connectivity index (χ3n) is 3.49. The second-order valence-electron chi connectivity index (χ2n) is 6.00. The molecule has 120 valence electrons. The highest BCUT2D eigenvalue weighted by Gasteiger charge is 2.16. The van der Waals surface area contributed by atoms with E-state index in [-0.39, 0.29) is 11.7 Å². The van der Waals surface area contributed by atoms with Crippen LogP contribution in [0.15, 0.2) is 54.6 Å². The highest BCUT2D eigenvalue weighted by atomic mass is 16.2. The van der Waals surface area contributed by atoms with Gasteiger partial charge in [-0.1, -0.05) is 56.3 Å². The van der Waals surface area contributed by atoms with E-state index in [4.69, 9.17) is 5.73 Å². The third-order valence-corrected chi connectivity index (χ3v) is 3.49. The van der Waals surface area contributed by atoms with Gasteiger partial charge in [0.1, 0.15) is 0 Å². The molecule has 23 heavy (non-hydrogen) atoms. The van der Waals surface area contributed by atoms with Gasteiger partial charge in [0, 0.05) is 16.8 Å². The molecule has 0 aliphatic carbocycles. The third kappa shape index (κ3) is 4.76. The first kappa shape index (κ1) is 16.9. The molecule has 0 aromatic heterocycles. The summed E-state index contributed by atoms with van der Waals surface area (Å²) < 4.78 is 0. The van der Waals surface area contributed by atoms with Gasteiger partial charge in [-0.25, -0.2) is 0 Å². The first-order chi connectivity index (χ1) is 11.0. The Morgan fingerprint density at radius 1 is 1.00 bits per heavy atom. The molecule has 0 radical (unpaired) electrons. The maximum absolute atomic E-state index is 12.4. The van der Waals surface area contributed by atoms with Crippen LogP contribution in [0.1, 0.15) is 36.2 Å². The summed E-state index contributed by atoms with van der Waals surface area (Å²) in [5.74, 6) is 0.0398. The number of hydrogen-bond acceptors (Lipinski definition) is 3. The van der Waals surface area contributed by atoms with Crippen molar-refractivity contribution in [2.75, 3.05) is 5.32 Å². The number of benzene rings is 2. The molecule has 0 aliphatic heterocycles. The number of nitrogens with one attached hydrogen (secondary N) is 1. The minimum atomic E-state index is -0.552. The standard InChI is InChI=1S/C19H22N2O2/c1-13(2)11-17(20)19(23)21-16-10-6-9-15(12-16)18(22)14-7-4-3-5-8-14/h3-10,12-13,17H,11,20H2,1-2H3,(H,21,23)/t17-/m0/s1. The number of anilines is 1. The molecular weight excluding hydrogens is 288 g/mol. The lowest BCUT2D eigenvalue weighted by Gasteiger charge is -2.14. The number of carbonyl (C=O) groups is 2. The van der Waals surface area contributed by atoms with Crippen LogP contribution in [0.3, 0.4) is 0 Å². The summed E-state index contributed by atoms with van der Waals surface area (Å²) in [7, 11) is 0. The van der Waals surface area contributed by atoms with E-state index in [1.54, 1.807) is 36.4 Å². The van der Waals surface area contributed by atoms with Crippen molar-refractivity contribution >= 4 is 17.4 Å². The van der Waals surface area contributed by atoms with Crippen LogP contribution in [-0.2, 0) is 4.79 Å². The summed E-state index contributed by atoms with van der Waals surface area (Å²) in [5, 5.41) is 2.78. The lowest BCUT2D eigenvalue weighted by molar-refractivity contribution is -0.117. The summed E-state index contributed by atoms with van der Waals surface area (Å²) in [4.78, 5) is 24.5. The van der Waals surface area contributed by atoms with Crippen LogP contribution < -0.4 is 11.1 Å². The Morgan fingerprint density at radius 2 is 1.65 bits per heavy atom. The Bertz CT molecular complexity index is 681. The van der Waals surface area contributed by atoms with Crippen LogP contribution in [0.2, 0.25) is 0 Å². The lowest BCUT2D eigenvalue weighted by Crippen LogP contribution is -2.36. The number of ketones is 1. The van der Waals surface area contributed by atoms with Crippen LogP contribution in [0.5, 0.6) is 0 Å². The monoisotopic (exact) mass is 310 g/mol. The molecule has 1 amide bonds. The molecule has 3 N–H and O–H groups in total. The summed E-state index contributed by atoms with van der Waals surface area (Å²) in [6.07, 6.45) is 0.620.